The van der Waals surface area contributed by atoms with Gasteiger partial charge in [0.15, 0.2) is 0 Å². The van der Waals surface area contributed by atoms with Crippen LogP contribution in [-0.4, -0.2) is 6.04 Å². The van der Waals surface area contributed by atoms with Gasteiger partial charge in [-0.05, 0) is 37.5 Å². The van der Waals surface area contributed by atoms with E-state index in [9.17, 15) is 0 Å². The second kappa shape index (κ2) is 6.65. The Labute approximate surface area is 97.1 Å². The molecular formula is C13H18ClN. The molecule has 0 aromatic heterocycles. The number of rotatable bonds is 6. The van der Waals surface area contributed by atoms with Gasteiger partial charge < -0.3 is 5.32 Å². The predicted molar refractivity (Wildman–Crippen MR) is 67.2 cm³/mol. The smallest absolute Gasteiger partial charge is 0.0406 e. The average molecular weight is 224 g/mol. The summed E-state index contributed by atoms with van der Waals surface area (Å²) in [6.45, 7) is 6.81. The van der Waals surface area contributed by atoms with Gasteiger partial charge in [0.25, 0.3) is 0 Å². The van der Waals surface area contributed by atoms with Gasteiger partial charge in [-0.2, -0.15) is 0 Å². The lowest BCUT2D eigenvalue weighted by Gasteiger charge is -2.12. The Morgan fingerprint density at radius 3 is 2.67 bits per heavy atom. The minimum Gasteiger partial charge on any atom is -0.310 e. The maximum atomic E-state index is 5.81. The number of hydrogen-bond acceptors (Lipinski definition) is 1. The maximum absolute atomic E-state index is 5.81. The molecule has 2 heteroatoms. The van der Waals surface area contributed by atoms with E-state index < -0.39 is 0 Å². The summed E-state index contributed by atoms with van der Waals surface area (Å²) in [6.07, 6.45) is 4.16. The summed E-state index contributed by atoms with van der Waals surface area (Å²) in [4.78, 5) is 0. The lowest BCUT2D eigenvalue weighted by molar-refractivity contribution is 0.518. The lowest BCUT2D eigenvalue weighted by Crippen LogP contribution is -2.25. The van der Waals surface area contributed by atoms with Crippen molar-refractivity contribution < 1.29 is 0 Å². The Hall–Kier alpha value is -0.790. The zero-order chi connectivity index (χ0) is 11.1. The highest BCUT2D eigenvalue weighted by molar-refractivity contribution is 6.30. The van der Waals surface area contributed by atoms with Gasteiger partial charge in [-0.1, -0.05) is 29.8 Å². The van der Waals surface area contributed by atoms with Gasteiger partial charge in [0.2, 0.25) is 0 Å². The average Bonchev–Trinajstić information content (AvgIpc) is 2.25. The third kappa shape index (κ3) is 5.01. The molecule has 0 aliphatic heterocycles. The molecule has 82 valence electrons. The van der Waals surface area contributed by atoms with Crippen molar-refractivity contribution in [1.82, 2.24) is 5.32 Å². The minimum atomic E-state index is 0.527. The molecule has 0 saturated heterocycles. The molecule has 1 aromatic rings. The van der Waals surface area contributed by atoms with Crippen LogP contribution in [0.2, 0.25) is 5.02 Å². The maximum Gasteiger partial charge on any atom is 0.0406 e. The first-order valence-corrected chi connectivity index (χ1v) is 5.69. The standard InChI is InChI=1S/C13H18ClN/c1-3-4-5-11(2)15-10-12-6-8-13(14)9-7-12/h3,6-9,11,15H,1,4-5,10H2,2H3/t11-/m0/s1. The van der Waals surface area contributed by atoms with Gasteiger partial charge in [0, 0.05) is 17.6 Å². The second-order valence-electron chi connectivity index (χ2n) is 3.77. The van der Waals surface area contributed by atoms with E-state index >= 15 is 0 Å². The zero-order valence-corrected chi connectivity index (χ0v) is 9.93. The molecule has 15 heavy (non-hydrogen) atoms. The highest BCUT2D eigenvalue weighted by atomic mass is 35.5. The first-order chi connectivity index (χ1) is 7.22. The third-order valence-electron chi connectivity index (χ3n) is 2.37. The normalized spacial score (nSPS) is 12.4. The molecule has 1 atom stereocenters. The molecule has 0 aliphatic carbocycles. The second-order valence-corrected chi connectivity index (χ2v) is 4.21. The van der Waals surface area contributed by atoms with E-state index in [0.29, 0.717) is 6.04 Å². The van der Waals surface area contributed by atoms with Crippen LogP contribution in [-0.2, 0) is 6.54 Å². The Morgan fingerprint density at radius 1 is 1.40 bits per heavy atom. The fourth-order valence-electron chi connectivity index (χ4n) is 1.36. The molecule has 0 spiro atoms. The van der Waals surface area contributed by atoms with E-state index in [-0.39, 0.29) is 0 Å². The van der Waals surface area contributed by atoms with E-state index in [1.165, 1.54) is 5.56 Å². The van der Waals surface area contributed by atoms with Gasteiger partial charge in [-0.15, -0.1) is 6.58 Å². The monoisotopic (exact) mass is 223 g/mol. The summed E-state index contributed by atoms with van der Waals surface area (Å²) in [5, 5.41) is 4.25. The lowest BCUT2D eigenvalue weighted by atomic mass is 10.1. The molecule has 0 heterocycles. The Morgan fingerprint density at radius 2 is 2.07 bits per heavy atom. The zero-order valence-electron chi connectivity index (χ0n) is 9.17. The van der Waals surface area contributed by atoms with Crippen molar-refractivity contribution in [3.8, 4) is 0 Å². The molecule has 0 unspecified atom stereocenters. The fourth-order valence-corrected chi connectivity index (χ4v) is 1.49. The van der Waals surface area contributed by atoms with Crippen LogP contribution in [0.1, 0.15) is 25.3 Å². The first kappa shape index (κ1) is 12.3. The first-order valence-electron chi connectivity index (χ1n) is 5.31. The van der Waals surface area contributed by atoms with Crippen molar-refractivity contribution in [2.75, 3.05) is 0 Å². The van der Waals surface area contributed by atoms with Crippen molar-refractivity contribution >= 4 is 11.6 Å². The molecule has 0 radical (unpaired) electrons. The summed E-state index contributed by atoms with van der Waals surface area (Å²) in [7, 11) is 0. The van der Waals surface area contributed by atoms with Crippen LogP contribution in [0.3, 0.4) is 0 Å². The van der Waals surface area contributed by atoms with Crippen LogP contribution in [0.25, 0.3) is 0 Å². The van der Waals surface area contributed by atoms with Crippen LogP contribution < -0.4 is 5.32 Å². The molecule has 1 aromatic carbocycles. The summed E-state index contributed by atoms with van der Waals surface area (Å²) in [6, 6.07) is 8.48. The number of halogens is 1. The van der Waals surface area contributed by atoms with Crippen LogP contribution in [0, 0.1) is 0 Å². The van der Waals surface area contributed by atoms with E-state index in [0.717, 1.165) is 24.4 Å². The summed E-state index contributed by atoms with van der Waals surface area (Å²) >= 11 is 5.81. The summed E-state index contributed by atoms with van der Waals surface area (Å²) in [5.41, 5.74) is 1.27. The topological polar surface area (TPSA) is 12.0 Å². The highest BCUT2D eigenvalue weighted by Crippen LogP contribution is 2.09. The molecule has 0 fully saturated rings. The Bertz CT molecular complexity index is 292. The van der Waals surface area contributed by atoms with Crippen molar-refractivity contribution in [3.63, 3.8) is 0 Å². The van der Waals surface area contributed by atoms with Crippen molar-refractivity contribution in [2.45, 2.75) is 32.4 Å². The highest BCUT2D eigenvalue weighted by Gasteiger charge is 1.99. The molecule has 1 N–H and O–H groups in total. The summed E-state index contributed by atoms with van der Waals surface area (Å²) < 4.78 is 0. The molecule has 0 bridgehead atoms. The molecule has 0 saturated carbocycles. The van der Waals surface area contributed by atoms with E-state index in [1.54, 1.807) is 0 Å². The summed E-state index contributed by atoms with van der Waals surface area (Å²) in [5.74, 6) is 0. The predicted octanol–water partition coefficient (Wildman–Crippen LogP) is 3.78. The van der Waals surface area contributed by atoms with Gasteiger partial charge in [0.05, 0.1) is 0 Å². The molecule has 0 amide bonds. The molecule has 0 aliphatic rings. The minimum absolute atomic E-state index is 0.527. The van der Waals surface area contributed by atoms with E-state index in [2.05, 4.69) is 31.0 Å². The van der Waals surface area contributed by atoms with Gasteiger partial charge in [-0.25, -0.2) is 0 Å². The third-order valence-corrected chi connectivity index (χ3v) is 2.62. The van der Waals surface area contributed by atoms with Crippen LogP contribution in [0.15, 0.2) is 36.9 Å². The van der Waals surface area contributed by atoms with Crippen molar-refractivity contribution in [1.29, 1.82) is 0 Å². The van der Waals surface area contributed by atoms with Gasteiger partial charge in [-0.3, -0.25) is 0 Å². The van der Waals surface area contributed by atoms with Gasteiger partial charge in [0.1, 0.15) is 0 Å². The number of allylic oxidation sites excluding steroid dienone is 1. The van der Waals surface area contributed by atoms with Crippen LogP contribution in [0.4, 0.5) is 0 Å². The van der Waals surface area contributed by atoms with Gasteiger partial charge >= 0.3 is 0 Å². The number of benzene rings is 1. The molecular weight excluding hydrogens is 206 g/mol. The Balaban J connectivity index is 2.30. The largest absolute Gasteiger partial charge is 0.310 e. The van der Waals surface area contributed by atoms with E-state index in [4.69, 9.17) is 11.6 Å². The molecule has 1 rings (SSSR count). The Kier molecular flexibility index (Phi) is 5.44. The van der Waals surface area contributed by atoms with Crippen molar-refractivity contribution in [3.05, 3.63) is 47.5 Å². The fraction of sp³-hybridized carbons (Fsp3) is 0.385. The van der Waals surface area contributed by atoms with Crippen LogP contribution in [0.5, 0.6) is 0 Å². The van der Waals surface area contributed by atoms with Crippen molar-refractivity contribution in [2.24, 2.45) is 0 Å². The number of nitrogens with one attached hydrogen (secondary N) is 1. The van der Waals surface area contributed by atoms with Crippen LogP contribution >= 0.6 is 11.6 Å². The SMILES string of the molecule is C=CCC[C@H](C)NCc1ccc(Cl)cc1. The number of hydrogen-bond donors (Lipinski definition) is 1. The van der Waals surface area contributed by atoms with E-state index in [1.807, 2.05) is 18.2 Å². The quantitative estimate of drug-likeness (QED) is 0.724. The molecule has 1 nitrogen and oxygen atoms in total.